The predicted molar refractivity (Wildman–Crippen MR) is 112 cm³/mol. The summed E-state index contributed by atoms with van der Waals surface area (Å²) in [6.07, 6.45) is 2.89. The number of carbonyl (C=O) groups excluding carboxylic acids is 1. The molecule has 7 nitrogen and oxygen atoms in total. The molecule has 0 atom stereocenters. The molecule has 0 heterocycles. The number of rotatable bonds is 9. The molecule has 0 aliphatic carbocycles. The molecule has 0 bridgehead atoms. The van der Waals surface area contributed by atoms with E-state index in [1.165, 1.54) is 19.2 Å². The average Bonchev–Trinajstić information content (AvgIpc) is 2.61. The van der Waals surface area contributed by atoms with Gasteiger partial charge >= 0.3 is 0 Å². The molecule has 0 aliphatic rings. The van der Waals surface area contributed by atoms with Gasteiger partial charge in [0.15, 0.2) is 9.84 Å². The van der Waals surface area contributed by atoms with Gasteiger partial charge < -0.3 is 20.5 Å². The number of benzene rings is 2. The highest BCUT2D eigenvalue weighted by atomic mass is 35.5. The van der Waals surface area contributed by atoms with Crippen LogP contribution in [0.25, 0.3) is 0 Å². The minimum absolute atomic E-state index is 0. The Kier molecular flexibility index (Phi) is 9.08. The van der Waals surface area contributed by atoms with Crippen LogP contribution in [0.2, 0.25) is 0 Å². The molecule has 0 aliphatic heterocycles. The molecule has 1 amide bonds. The SMILES string of the molecule is COc1ccc(NC(=O)CCCCOc2ccc(S(C)(=O)=O)cc2)cc1N.Cl. The largest absolute Gasteiger partial charge is 0.495 e. The molecule has 9 heteroatoms. The van der Waals surface area contributed by atoms with Gasteiger partial charge in [0.25, 0.3) is 0 Å². The highest BCUT2D eigenvalue weighted by Gasteiger charge is 2.07. The molecule has 0 saturated heterocycles. The van der Waals surface area contributed by atoms with E-state index in [9.17, 15) is 13.2 Å². The maximum atomic E-state index is 12.0. The minimum atomic E-state index is -3.21. The van der Waals surface area contributed by atoms with E-state index in [0.717, 1.165) is 6.26 Å². The zero-order valence-corrected chi connectivity index (χ0v) is 17.4. The van der Waals surface area contributed by atoms with Crippen LogP contribution in [0.15, 0.2) is 47.4 Å². The van der Waals surface area contributed by atoms with Gasteiger partial charge in [0.05, 0.1) is 24.3 Å². The third-order valence-electron chi connectivity index (χ3n) is 3.83. The van der Waals surface area contributed by atoms with Crippen LogP contribution in [0.5, 0.6) is 11.5 Å². The second-order valence-electron chi connectivity index (χ2n) is 6.05. The van der Waals surface area contributed by atoms with Gasteiger partial charge in [-0.05, 0) is 55.3 Å². The predicted octanol–water partition coefficient (Wildman–Crippen LogP) is 3.29. The van der Waals surface area contributed by atoms with Gasteiger partial charge in [0, 0.05) is 18.4 Å². The molecule has 2 aromatic rings. The van der Waals surface area contributed by atoms with Crippen LogP contribution in [-0.4, -0.2) is 34.3 Å². The second-order valence-corrected chi connectivity index (χ2v) is 8.07. The molecular formula is C19H25ClN2O5S. The molecule has 0 saturated carbocycles. The summed E-state index contributed by atoms with van der Waals surface area (Å²) < 4.78 is 33.4. The fourth-order valence-electron chi connectivity index (χ4n) is 2.40. The lowest BCUT2D eigenvalue weighted by Gasteiger charge is -2.09. The Morgan fingerprint density at radius 2 is 1.79 bits per heavy atom. The van der Waals surface area contributed by atoms with Crippen molar-refractivity contribution in [2.75, 3.05) is 31.0 Å². The number of nitrogen functional groups attached to an aromatic ring is 1. The van der Waals surface area contributed by atoms with E-state index in [1.54, 1.807) is 30.3 Å². The second kappa shape index (κ2) is 10.8. The maximum Gasteiger partial charge on any atom is 0.224 e. The zero-order chi connectivity index (χ0) is 19.9. The van der Waals surface area contributed by atoms with Gasteiger partial charge in [-0.15, -0.1) is 12.4 Å². The van der Waals surface area contributed by atoms with E-state index in [2.05, 4.69) is 5.32 Å². The summed E-state index contributed by atoms with van der Waals surface area (Å²) in [5.41, 5.74) is 6.90. The summed E-state index contributed by atoms with van der Waals surface area (Å²) in [5.74, 6) is 1.06. The normalized spacial score (nSPS) is 10.6. The van der Waals surface area contributed by atoms with E-state index in [1.807, 2.05) is 0 Å². The highest BCUT2D eigenvalue weighted by molar-refractivity contribution is 7.90. The Labute approximate surface area is 171 Å². The van der Waals surface area contributed by atoms with Gasteiger partial charge in [-0.1, -0.05) is 0 Å². The number of nitrogens with two attached hydrogens (primary N) is 1. The monoisotopic (exact) mass is 428 g/mol. The Morgan fingerprint density at radius 1 is 1.11 bits per heavy atom. The minimum Gasteiger partial charge on any atom is -0.495 e. The first-order valence-electron chi connectivity index (χ1n) is 8.46. The molecule has 2 rings (SSSR count). The van der Waals surface area contributed by atoms with Gasteiger partial charge in [0.2, 0.25) is 5.91 Å². The van der Waals surface area contributed by atoms with Crippen LogP contribution < -0.4 is 20.5 Å². The lowest BCUT2D eigenvalue weighted by atomic mass is 10.2. The van der Waals surface area contributed by atoms with Crippen molar-refractivity contribution in [3.05, 3.63) is 42.5 Å². The lowest BCUT2D eigenvalue weighted by molar-refractivity contribution is -0.116. The highest BCUT2D eigenvalue weighted by Crippen LogP contribution is 2.24. The van der Waals surface area contributed by atoms with Crippen molar-refractivity contribution in [1.82, 2.24) is 0 Å². The Balaban J connectivity index is 0.00000392. The first kappa shape index (κ1) is 23.6. The van der Waals surface area contributed by atoms with E-state index >= 15 is 0 Å². The van der Waals surface area contributed by atoms with Crippen molar-refractivity contribution in [3.8, 4) is 11.5 Å². The summed E-state index contributed by atoms with van der Waals surface area (Å²) >= 11 is 0. The third kappa shape index (κ3) is 7.28. The molecule has 2 aromatic carbocycles. The van der Waals surface area contributed by atoms with Crippen LogP contribution >= 0.6 is 12.4 Å². The van der Waals surface area contributed by atoms with Gasteiger partial charge in [-0.25, -0.2) is 8.42 Å². The van der Waals surface area contributed by atoms with Crippen LogP contribution in [0.1, 0.15) is 19.3 Å². The number of unbranched alkanes of at least 4 members (excludes halogenated alkanes) is 1. The van der Waals surface area contributed by atoms with Gasteiger partial charge in [-0.3, -0.25) is 4.79 Å². The number of anilines is 2. The Hall–Kier alpha value is -2.45. The van der Waals surface area contributed by atoms with Crippen molar-refractivity contribution in [2.45, 2.75) is 24.2 Å². The van der Waals surface area contributed by atoms with Crippen molar-refractivity contribution in [1.29, 1.82) is 0 Å². The molecule has 154 valence electrons. The van der Waals surface area contributed by atoms with Crippen molar-refractivity contribution in [2.24, 2.45) is 0 Å². The molecular weight excluding hydrogens is 404 g/mol. The summed E-state index contributed by atoms with van der Waals surface area (Å²) in [4.78, 5) is 12.2. The molecule has 0 aromatic heterocycles. The fraction of sp³-hybridized carbons (Fsp3) is 0.316. The number of amides is 1. The third-order valence-corrected chi connectivity index (χ3v) is 4.96. The van der Waals surface area contributed by atoms with E-state index in [4.69, 9.17) is 15.2 Å². The van der Waals surface area contributed by atoms with Crippen LogP contribution in [0.4, 0.5) is 11.4 Å². The number of hydrogen-bond donors (Lipinski definition) is 2. The standard InChI is InChI=1S/C19H24N2O5S.ClH/c1-25-18-11-6-14(13-17(18)20)21-19(22)5-3-4-12-26-15-7-9-16(10-8-15)27(2,23)24;/h6-11,13H,3-5,12,20H2,1-2H3,(H,21,22);1H. The molecule has 0 spiro atoms. The lowest BCUT2D eigenvalue weighted by Crippen LogP contribution is -2.12. The smallest absolute Gasteiger partial charge is 0.224 e. The first-order chi connectivity index (χ1) is 12.8. The van der Waals surface area contributed by atoms with Crippen LogP contribution in [0, 0.1) is 0 Å². The summed E-state index contributed by atoms with van der Waals surface area (Å²) in [6, 6.07) is 11.4. The van der Waals surface area contributed by atoms with Crippen LogP contribution in [0.3, 0.4) is 0 Å². The number of carbonyl (C=O) groups is 1. The number of halogens is 1. The summed E-state index contributed by atoms with van der Waals surface area (Å²) in [6.45, 7) is 0.445. The number of sulfone groups is 1. The Morgan fingerprint density at radius 3 is 2.36 bits per heavy atom. The fourth-order valence-corrected chi connectivity index (χ4v) is 3.03. The maximum absolute atomic E-state index is 12.0. The number of nitrogens with one attached hydrogen (secondary N) is 1. The zero-order valence-electron chi connectivity index (χ0n) is 15.8. The summed E-state index contributed by atoms with van der Waals surface area (Å²) in [5, 5.41) is 2.79. The molecule has 3 N–H and O–H groups in total. The number of methoxy groups -OCH3 is 1. The molecule has 0 unspecified atom stereocenters. The number of hydrogen-bond acceptors (Lipinski definition) is 6. The average molecular weight is 429 g/mol. The van der Waals surface area contributed by atoms with Crippen molar-refractivity contribution >= 4 is 39.5 Å². The van der Waals surface area contributed by atoms with Crippen LogP contribution in [-0.2, 0) is 14.6 Å². The van der Waals surface area contributed by atoms with Gasteiger partial charge in [-0.2, -0.15) is 0 Å². The molecule has 0 fully saturated rings. The quantitative estimate of drug-likeness (QED) is 0.468. The molecule has 0 radical (unpaired) electrons. The van der Waals surface area contributed by atoms with E-state index in [-0.39, 0.29) is 23.2 Å². The van der Waals surface area contributed by atoms with E-state index in [0.29, 0.717) is 48.7 Å². The van der Waals surface area contributed by atoms with Crippen molar-refractivity contribution < 1.29 is 22.7 Å². The van der Waals surface area contributed by atoms with Gasteiger partial charge in [0.1, 0.15) is 11.5 Å². The van der Waals surface area contributed by atoms with Crippen molar-refractivity contribution in [3.63, 3.8) is 0 Å². The summed E-state index contributed by atoms with van der Waals surface area (Å²) in [7, 11) is -1.67. The number of ether oxygens (including phenoxy) is 2. The molecule has 28 heavy (non-hydrogen) atoms. The van der Waals surface area contributed by atoms with E-state index < -0.39 is 9.84 Å². The first-order valence-corrected chi connectivity index (χ1v) is 10.3. The topological polar surface area (TPSA) is 108 Å². The Bertz CT molecular complexity index is 886.